The zero-order valence-corrected chi connectivity index (χ0v) is 6.38. The molecule has 6 heavy (non-hydrogen) atoms. The zero-order chi connectivity index (χ0) is 4.99. The summed E-state index contributed by atoms with van der Waals surface area (Å²) < 4.78 is 4.35. The van der Waals surface area contributed by atoms with Gasteiger partial charge in [0.2, 0.25) is 0 Å². The van der Waals surface area contributed by atoms with Crippen molar-refractivity contribution >= 4 is 28.9 Å². The molecule has 0 aliphatic carbocycles. The van der Waals surface area contributed by atoms with E-state index in [1.807, 2.05) is 0 Å². The van der Waals surface area contributed by atoms with Gasteiger partial charge in [0.05, 0.1) is 0 Å². The Kier molecular flexibility index (Phi) is 3.61. The Labute approximate surface area is 50.5 Å². The molecule has 0 atom stereocenters. The number of rotatable bonds is 1. The maximum absolute atomic E-state index is 9.98. The van der Waals surface area contributed by atoms with Crippen LogP contribution in [0.25, 0.3) is 0 Å². The Morgan fingerprint density at radius 1 is 2.00 bits per heavy atom. The summed E-state index contributed by atoms with van der Waals surface area (Å²) in [7, 11) is 0. The summed E-state index contributed by atoms with van der Waals surface area (Å²) in [6.45, 7) is 1.77. The van der Waals surface area contributed by atoms with Gasteiger partial charge in [0.1, 0.15) is 0 Å². The Morgan fingerprint density at radius 2 is 2.50 bits per heavy atom. The number of hydrogen-bond donors (Lipinski definition) is 0. The van der Waals surface area contributed by atoms with E-state index >= 15 is 0 Å². The van der Waals surface area contributed by atoms with E-state index in [9.17, 15) is 4.79 Å². The fourth-order valence-electron chi connectivity index (χ4n) is 0.0722. The van der Waals surface area contributed by atoms with Gasteiger partial charge in [-0.15, -0.1) is 0 Å². The van der Waals surface area contributed by atoms with Crippen LogP contribution in [0.15, 0.2) is 0 Å². The molecule has 0 unspecified atom stereocenters. The van der Waals surface area contributed by atoms with Crippen LogP contribution in [0.5, 0.6) is 0 Å². The monoisotopic (exact) mass is 193 g/mol. The van der Waals surface area contributed by atoms with Crippen molar-refractivity contribution in [3.05, 3.63) is 0 Å². The minimum atomic E-state index is -0.117. The summed E-state index contributed by atoms with van der Waals surface area (Å²) in [4.78, 5) is 9.98. The Hall–Kier alpha value is 0.269. The van der Waals surface area contributed by atoms with Crippen LogP contribution >= 0.6 is 0 Å². The van der Waals surface area contributed by atoms with E-state index in [2.05, 4.69) is 3.07 Å². The normalized spacial score (nSPS) is 7.83. The second kappa shape index (κ2) is 3.46. The van der Waals surface area contributed by atoms with E-state index in [4.69, 9.17) is 0 Å². The van der Waals surface area contributed by atoms with Crippen molar-refractivity contribution in [3.8, 4) is 0 Å². The third-order valence-electron chi connectivity index (χ3n) is 0.403. The van der Waals surface area contributed by atoms with Crippen LogP contribution in [0.4, 0.5) is 0 Å². The molecule has 0 aromatic heterocycles. The number of carbonyl (C=O) groups excluding carboxylic acids is 1. The molecule has 0 bridgehead atoms. The van der Waals surface area contributed by atoms with E-state index < -0.39 is 0 Å². The van der Waals surface area contributed by atoms with Gasteiger partial charge in [-0.2, -0.15) is 0 Å². The van der Waals surface area contributed by atoms with Gasteiger partial charge in [0, 0.05) is 0 Å². The van der Waals surface area contributed by atoms with Gasteiger partial charge in [-0.1, -0.05) is 0 Å². The summed E-state index contributed by atoms with van der Waals surface area (Å²) in [6.07, 6.45) is 0.491. The molecule has 0 rings (SSSR count). The van der Waals surface area contributed by atoms with E-state index in [1.54, 1.807) is 6.92 Å². The van der Waals surface area contributed by atoms with Crippen LogP contribution in [-0.2, 0) is 7.87 Å². The topological polar surface area (TPSA) is 26.3 Å². The van der Waals surface area contributed by atoms with E-state index in [0.717, 1.165) is 22.9 Å². The van der Waals surface area contributed by atoms with Gasteiger partial charge in [-0.05, 0) is 0 Å². The van der Waals surface area contributed by atoms with Crippen LogP contribution in [0.3, 0.4) is 0 Å². The van der Waals surface area contributed by atoms with E-state index in [1.165, 1.54) is 0 Å². The molecule has 0 N–H and O–H groups in total. The van der Waals surface area contributed by atoms with Crippen molar-refractivity contribution in [2.75, 3.05) is 0 Å². The summed E-state index contributed by atoms with van der Waals surface area (Å²) in [6, 6.07) is 0. The first-order chi connectivity index (χ1) is 2.81. The Morgan fingerprint density at radius 3 is 2.50 bits per heavy atom. The molecule has 2 nitrogen and oxygen atoms in total. The zero-order valence-electron chi connectivity index (χ0n) is 3.52. The average molecular weight is 192 g/mol. The van der Waals surface area contributed by atoms with Crippen molar-refractivity contribution < 1.29 is 7.87 Å². The van der Waals surface area contributed by atoms with Crippen molar-refractivity contribution in [3.63, 3.8) is 0 Å². The molecule has 0 saturated heterocycles. The van der Waals surface area contributed by atoms with Crippen LogP contribution in [-0.4, -0.2) is 28.9 Å². The van der Waals surface area contributed by atoms with Crippen molar-refractivity contribution in [1.29, 1.82) is 0 Å². The molecule has 3 heteroatoms. The summed E-state index contributed by atoms with van der Waals surface area (Å²) in [5, 5.41) is 0. The van der Waals surface area contributed by atoms with Gasteiger partial charge < -0.3 is 0 Å². The van der Waals surface area contributed by atoms with Crippen LogP contribution in [0.2, 0.25) is 0 Å². The standard InChI is InChI=1S/C3H6O2.Sn/c1-2-3(4)5;/h2H2,1H3,(H,4,5);/q;+4/p-1. The fourth-order valence-corrected chi connectivity index (χ4v) is 0.484. The molecule has 0 aromatic carbocycles. The predicted molar refractivity (Wildman–Crippen MR) is 22.1 cm³/mol. The molecule has 0 aromatic rings. The second-order valence-electron chi connectivity index (χ2n) is 0.828. The van der Waals surface area contributed by atoms with Crippen molar-refractivity contribution in [1.82, 2.24) is 0 Å². The molecule has 0 fully saturated rings. The minimum absolute atomic E-state index is 0.117. The van der Waals surface area contributed by atoms with E-state index in [0.29, 0.717) is 6.42 Å². The summed E-state index contributed by atoms with van der Waals surface area (Å²) in [5.74, 6) is -0.117. The molecule has 0 spiro atoms. The second-order valence-corrected chi connectivity index (χ2v) is 1.41. The van der Waals surface area contributed by atoms with Crippen molar-refractivity contribution in [2.45, 2.75) is 13.3 Å². The number of hydrogen-bond acceptors (Lipinski definition) is 2. The molecule has 0 aliphatic heterocycles. The van der Waals surface area contributed by atoms with Gasteiger partial charge in [0.15, 0.2) is 0 Å². The van der Waals surface area contributed by atoms with Crippen LogP contribution in [0, 0.1) is 0 Å². The third-order valence-corrected chi connectivity index (χ3v) is 1.05. The Balaban J connectivity index is 2.99. The first-order valence-electron chi connectivity index (χ1n) is 1.67. The molecular weight excluding hydrogens is 187 g/mol. The molecule has 0 radical (unpaired) electrons. The molecule has 0 aliphatic rings. The SMILES string of the molecule is CCC(=O)[O][Sn+3]. The van der Waals surface area contributed by atoms with Gasteiger partial charge in [0.25, 0.3) is 0 Å². The number of carbonyl (C=O) groups is 1. The quantitative estimate of drug-likeness (QED) is 0.547. The average Bonchev–Trinajstić information content (AvgIpc) is 1.65. The van der Waals surface area contributed by atoms with Crippen LogP contribution < -0.4 is 0 Å². The first-order valence-corrected chi connectivity index (χ1v) is 2.84. The molecular formula is C3H5O2Sn+3. The third kappa shape index (κ3) is 2.50. The van der Waals surface area contributed by atoms with Gasteiger partial charge >= 0.3 is 50.1 Å². The molecule has 30 valence electrons. The first kappa shape index (κ1) is 6.27. The van der Waals surface area contributed by atoms with Gasteiger partial charge in [-0.3, -0.25) is 0 Å². The van der Waals surface area contributed by atoms with Crippen molar-refractivity contribution in [2.24, 2.45) is 0 Å². The fraction of sp³-hybridized carbons (Fsp3) is 0.667. The summed E-state index contributed by atoms with van der Waals surface area (Å²) in [5.41, 5.74) is 0. The van der Waals surface area contributed by atoms with E-state index in [-0.39, 0.29) is 5.97 Å². The molecule has 0 amide bonds. The van der Waals surface area contributed by atoms with Crippen LogP contribution in [0.1, 0.15) is 13.3 Å². The molecule has 0 saturated carbocycles. The summed E-state index contributed by atoms with van der Waals surface area (Å²) >= 11 is 0.831. The Bertz CT molecular complexity index is 46.8. The maximum atomic E-state index is 9.98. The van der Waals surface area contributed by atoms with Gasteiger partial charge in [-0.25, -0.2) is 0 Å². The predicted octanol–water partition coefficient (Wildman–Crippen LogP) is 0.0231. The molecule has 0 heterocycles.